The third-order valence-corrected chi connectivity index (χ3v) is 4.03. The van der Waals surface area contributed by atoms with Gasteiger partial charge in [0, 0.05) is 12.3 Å². The Kier molecular flexibility index (Phi) is 3.24. The van der Waals surface area contributed by atoms with E-state index in [1.807, 2.05) is 12.1 Å². The minimum atomic E-state index is 0.111. The number of fused-ring (bicyclic) bond motifs is 1. The molecule has 98 valence electrons. The SMILES string of the molecule is COc1ccc2cc(C3CCCCC3=O)ccc2c1. The lowest BCUT2D eigenvalue weighted by Crippen LogP contribution is -2.16. The Morgan fingerprint density at radius 2 is 1.84 bits per heavy atom. The monoisotopic (exact) mass is 254 g/mol. The minimum absolute atomic E-state index is 0.111. The zero-order valence-corrected chi connectivity index (χ0v) is 11.2. The Bertz CT molecular complexity index is 616. The Labute approximate surface area is 113 Å². The van der Waals surface area contributed by atoms with Crippen molar-refractivity contribution < 1.29 is 9.53 Å². The first kappa shape index (κ1) is 12.2. The summed E-state index contributed by atoms with van der Waals surface area (Å²) >= 11 is 0. The van der Waals surface area contributed by atoms with Gasteiger partial charge in [-0.05, 0) is 41.3 Å². The number of hydrogen-bond acceptors (Lipinski definition) is 2. The normalized spacial score (nSPS) is 19.6. The van der Waals surface area contributed by atoms with Gasteiger partial charge in [-0.15, -0.1) is 0 Å². The maximum atomic E-state index is 12.0. The summed E-state index contributed by atoms with van der Waals surface area (Å²) < 4.78 is 5.23. The van der Waals surface area contributed by atoms with Crippen molar-refractivity contribution in [3.8, 4) is 5.75 Å². The van der Waals surface area contributed by atoms with Crippen molar-refractivity contribution in [3.63, 3.8) is 0 Å². The van der Waals surface area contributed by atoms with Gasteiger partial charge in [0.1, 0.15) is 11.5 Å². The molecule has 0 amide bonds. The van der Waals surface area contributed by atoms with E-state index < -0.39 is 0 Å². The van der Waals surface area contributed by atoms with E-state index in [0.29, 0.717) is 5.78 Å². The molecule has 0 bridgehead atoms. The maximum absolute atomic E-state index is 12.0. The van der Waals surface area contributed by atoms with Crippen LogP contribution in [0.3, 0.4) is 0 Å². The minimum Gasteiger partial charge on any atom is -0.497 e. The van der Waals surface area contributed by atoms with Gasteiger partial charge < -0.3 is 4.74 Å². The average Bonchev–Trinajstić information content (AvgIpc) is 2.46. The highest BCUT2D eigenvalue weighted by atomic mass is 16.5. The Morgan fingerprint density at radius 3 is 2.63 bits per heavy atom. The van der Waals surface area contributed by atoms with Crippen LogP contribution in [0.15, 0.2) is 36.4 Å². The van der Waals surface area contributed by atoms with Crippen molar-refractivity contribution in [3.05, 3.63) is 42.0 Å². The number of carbonyl (C=O) groups is 1. The van der Waals surface area contributed by atoms with Crippen molar-refractivity contribution >= 4 is 16.6 Å². The van der Waals surface area contributed by atoms with E-state index in [9.17, 15) is 4.79 Å². The molecule has 1 aliphatic carbocycles. The summed E-state index contributed by atoms with van der Waals surface area (Å²) in [5.74, 6) is 1.38. The molecule has 2 aromatic carbocycles. The topological polar surface area (TPSA) is 26.3 Å². The van der Waals surface area contributed by atoms with E-state index in [2.05, 4.69) is 24.3 Å². The Morgan fingerprint density at radius 1 is 1.05 bits per heavy atom. The van der Waals surface area contributed by atoms with Gasteiger partial charge in [0.05, 0.1) is 7.11 Å². The van der Waals surface area contributed by atoms with Crippen molar-refractivity contribution in [2.24, 2.45) is 0 Å². The number of hydrogen-bond donors (Lipinski definition) is 0. The molecule has 1 aliphatic rings. The fourth-order valence-electron chi connectivity index (χ4n) is 2.92. The lowest BCUT2D eigenvalue weighted by molar-refractivity contribution is -0.121. The highest BCUT2D eigenvalue weighted by Crippen LogP contribution is 2.32. The predicted molar refractivity (Wildman–Crippen MR) is 76.7 cm³/mol. The summed E-state index contributed by atoms with van der Waals surface area (Å²) in [5, 5.41) is 2.34. The third kappa shape index (κ3) is 2.35. The zero-order valence-electron chi connectivity index (χ0n) is 11.2. The van der Waals surface area contributed by atoms with Crippen LogP contribution in [0.1, 0.15) is 37.2 Å². The lowest BCUT2D eigenvalue weighted by Gasteiger charge is -2.21. The number of rotatable bonds is 2. The van der Waals surface area contributed by atoms with Gasteiger partial charge in [-0.3, -0.25) is 4.79 Å². The molecule has 0 spiro atoms. The summed E-state index contributed by atoms with van der Waals surface area (Å²) in [6, 6.07) is 12.4. The molecule has 1 saturated carbocycles. The van der Waals surface area contributed by atoms with Gasteiger partial charge >= 0.3 is 0 Å². The Hall–Kier alpha value is -1.83. The fourth-order valence-corrected chi connectivity index (χ4v) is 2.92. The largest absolute Gasteiger partial charge is 0.497 e. The van der Waals surface area contributed by atoms with E-state index in [-0.39, 0.29) is 5.92 Å². The van der Waals surface area contributed by atoms with Crippen LogP contribution in [-0.2, 0) is 4.79 Å². The molecule has 1 atom stereocenters. The number of Topliss-reactive ketones (excluding diaryl/α,β-unsaturated/α-hetero) is 1. The molecular formula is C17H18O2. The molecule has 0 heterocycles. The van der Waals surface area contributed by atoms with Crippen molar-refractivity contribution in [2.45, 2.75) is 31.6 Å². The van der Waals surface area contributed by atoms with Crippen LogP contribution in [0.4, 0.5) is 0 Å². The van der Waals surface area contributed by atoms with Crippen LogP contribution < -0.4 is 4.74 Å². The average molecular weight is 254 g/mol. The summed E-state index contributed by atoms with van der Waals surface area (Å²) in [6.45, 7) is 0. The van der Waals surface area contributed by atoms with Gasteiger partial charge in [0.25, 0.3) is 0 Å². The molecule has 2 nitrogen and oxygen atoms in total. The quantitative estimate of drug-likeness (QED) is 0.807. The first-order valence-corrected chi connectivity index (χ1v) is 6.88. The summed E-state index contributed by atoms with van der Waals surface area (Å²) in [6.07, 6.45) is 3.96. The van der Waals surface area contributed by atoms with Crippen LogP contribution in [0, 0.1) is 0 Å². The van der Waals surface area contributed by atoms with Crippen molar-refractivity contribution in [2.75, 3.05) is 7.11 Å². The molecule has 19 heavy (non-hydrogen) atoms. The molecule has 2 heteroatoms. The Balaban J connectivity index is 1.99. The van der Waals surface area contributed by atoms with Crippen LogP contribution >= 0.6 is 0 Å². The van der Waals surface area contributed by atoms with Crippen molar-refractivity contribution in [1.82, 2.24) is 0 Å². The van der Waals surface area contributed by atoms with Gasteiger partial charge in [0.15, 0.2) is 0 Å². The van der Waals surface area contributed by atoms with Crippen molar-refractivity contribution in [1.29, 1.82) is 0 Å². The molecule has 3 rings (SSSR count). The van der Waals surface area contributed by atoms with Crippen LogP contribution in [-0.4, -0.2) is 12.9 Å². The molecule has 1 fully saturated rings. The van der Waals surface area contributed by atoms with Gasteiger partial charge in [-0.1, -0.05) is 30.7 Å². The number of benzene rings is 2. The van der Waals surface area contributed by atoms with E-state index in [1.54, 1.807) is 7.11 Å². The summed E-state index contributed by atoms with van der Waals surface area (Å²) in [5.41, 5.74) is 1.17. The standard InChI is InChI=1S/C17H18O2/c1-19-15-9-8-12-10-14(7-6-13(12)11-15)16-4-2-3-5-17(16)18/h6-11,16H,2-5H2,1H3. The number of carbonyl (C=O) groups excluding carboxylic acids is 1. The van der Waals surface area contributed by atoms with E-state index in [0.717, 1.165) is 36.8 Å². The van der Waals surface area contributed by atoms with Gasteiger partial charge in [0.2, 0.25) is 0 Å². The zero-order chi connectivity index (χ0) is 13.2. The first-order chi connectivity index (χ1) is 9.28. The lowest BCUT2D eigenvalue weighted by atomic mass is 9.82. The number of ketones is 1. The molecular weight excluding hydrogens is 236 g/mol. The van der Waals surface area contributed by atoms with Gasteiger partial charge in [-0.2, -0.15) is 0 Å². The second-order valence-electron chi connectivity index (χ2n) is 5.24. The fraction of sp³-hybridized carbons (Fsp3) is 0.353. The number of methoxy groups -OCH3 is 1. The molecule has 0 N–H and O–H groups in total. The molecule has 0 radical (unpaired) electrons. The maximum Gasteiger partial charge on any atom is 0.140 e. The number of ether oxygens (including phenoxy) is 1. The summed E-state index contributed by atoms with van der Waals surface area (Å²) in [7, 11) is 1.68. The van der Waals surface area contributed by atoms with Crippen LogP contribution in [0.5, 0.6) is 5.75 Å². The molecule has 0 aromatic heterocycles. The van der Waals surface area contributed by atoms with E-state index in [4.69, 9.17) is 4.74 Å². The highest BCUT2D eigenvalue weighted by Gasteiger charge is 2.23. The predicted octanol–water partition coefficient (Wildman–Crippen LogP) is 4.08. The van der Waals surface area contributed by atoms with Gasteiger partial charge in [-0.25, -0.2) is 0 Å². The second kappa shape index (κ2) is 5.04. The molecule has 2 aromatic rings. The van der Waals surface area contributed by atoms with Crippen LogP contribution in [0.25, 0.3) is 10.8 Å². The summed E-state index contributed by atoms with van der Waals surface area (Å²) in [4.78, 5) is 12.0. The molecule has 0 aliphatic heterocycles. The smallest absolute Gasteiger partial charge is 0.140 e. The molecule has 1 unspecified atom stereocenters. The first-order valence-electron chi connectivity index (χ1n) is 6.88. The third-order valence-electron chi connectivity index (χ3n) is 4.03. The van der Waals surface area contributed by atoms with E-state index >= 15 is 0 Å². The highest BCUT2D eigenvalue weighted by molar-refractivity contribution is 5.89. The molecule has 0 saturated heterocycles. The second-order valence-corrected chi connectivity index (χ2v) is 5.24. The van der Waals surface area contributed by atoms with Crippen LogP contribution in [0.2, 0.25) is 0 Å². The van der Waals surface area contributed by atoms with E-state index in [1.165, 1.54) is 10.9 Å².